The molecule has 1 fully saturated rings. The highest BCUT2D eigenvalue weighted by molar-refractivity contribution is 6.36. The van der Waals surface area contributed by atoms with Crippen LogP contribution in [0.15, 0.2) is 36.4 Å². The van der Waals surface area contributed by atoms with Gasteiger partial charge in [0.05, 0.1) is 30.4 Å². The SMILES string of the molecule is O=C1Nc2ccc(F)cc2C1=C1OCc2cc(CCCN3CC(O)C(O)C3CO)ccc21. The Hall–Kier alpha value is -2.78. The maximum atomic E-state index is 13.8. The molecule has 0 aromatic heterocycles. The predicted molar refractivity (Wildman–Crippen MR) is 116 cm³/mol. The molecule has 0 radical (unpaired) electrons. The Bertz CT molecular complexity index is 1100. The average molecular weight is 440 g/mol. The molecule has 168 valence electrons. The number of hydrogen-bond donors (Lipinski definition) is 4. The van der Waals surface area contributed by atoms with Crippen molar-refractivity contribution in [1.29, 1.82) is 0 Å². The Morgan fingerprint density at radius 1 is 1.16 bits per heavy atom. The maximum absolute atomic E-state index is 13.8. The highest BCUT2D eigenvalue weighted by Crippen LogP contribution is 2.42. The van der Waals surface area contributed by atoms with Crippen molar-refractivity contribution in [2.75, 3.05) is 25.0 Å². The lowest BCUT2D eigenvalue weighted by atomic mass is 9.98. The lowest BCUT2D eigenvalue weighted by molar-refractivity contribution is -0.110. The van der Waals surface area contributed by atoms with E-state index in [1.165, 1.54) is 12.1 Å². The molecule has 2 aromatic carbocycles. The summed E-state index contributed by atoms with van der Waals surface area (Å²) in [5, 5.41) is 32.0. The zero-order chi connectivity index (χ0) is 22.4. The summed E-state index contributed by atoms with van der Waals surface area (Å²) < 4.78 is 19.6. The van der Waals surface area contributed by atoms with E-state index < -0.39 is 24.1 Å². The number of fused-ring (bicyclic) bond motifs is 2. The van der Waals surface area contributed by atoms with Gasteiger partial charge in [-0.05, 0) is 43.1 Å². The summed E-state index contributed by atoms with van der Waals surface area (Å²) in [6.07, 6.45) is -0.162. The average Bonchev–Trinajstić information content (AvgIpc) is 3.40. The molecule has 3 heterocycles. The highest BCUT2D eigenvalue weighted by atomic mass is 19.1. The second-order valence-electron chi connectivity index (χ2n) is 8.53. The lowest BCUT2D eigenvalue weighted by Gasteiger charge is -2.23. The number of amides is 1. The molecule has 1 saturated heterocycles. The highest BCUT2D eigenvalue weighted by Gasteiger charge is 2.39. The van der Waals surface area contributed by atoms with Gasteiger partial charge in [-0.2, -0.15) is 0 Å². The first-order chi connectivity index (χ1) is 15.5. The van der Waals surface area contributed by atoms with Crippen LogP contribution in [0.5, 0.6) is 0 Å². The number of nitrogens with zero attached hydrogens (tertiary/aromatic N) is 1. The van der Waals surface area contributed by atoms with Crippen LogP contribution >= 0.6 is 0 Å². The summed E-state index contributed by atoms with van der Waals surface area (Å²) in [4.78, 5) is 14.5. The van der Waals surface area contributed by atoms with Crippen molar-refractivity contribution in [3.63, 3.8) is 0 Å². The number of carbonyl (C=O) groups excluding carboxylic acids is 1. The van der Waals surface area contributed by atoms with Crippen LogP contribution in [0.25, 0.3) is 11.3 Å². The van der Waals surface area contributed by atoms with E-state index in [0.717, 1.165) is 29.5 Å². The molecule has 4 N–H and O–H groups in total. The van der Waals surface area contributed by atoms with E-state index in [1.54, 1.807) is 6.07 Å². The van der Waals surface area contributed by atoms with E-state index in [1.807, 2.05) is 17.0 Å². The number of anilines is 1. The van der Waals surface area contributed by atoms with Crippen molar-refractivity contribution in [3.8, 4) is 0 Å². The summed E-state index contributed by atoms with van der Waals surface area (Å²) in [5.41, 5.74) is 4.36. The number of hydrogen-bond acceptors (Lipinski definition) is 6. The molecular weight excluding hydrogens is 415 g/mol. The normalized spacial score (nSPS) is 26.8. The summed E-state index contributed by atoms with van der Waals surface area (Å²) in [5.74, 6) is -0.237. The molecular formula is C24H25FN2O5. The molecule has 5 rings (SSSR count). The first-order valence-electron chi connectivity index (χ1n) is 10.8. The van der Waals surface area contributed by atoms with Crippen LogP contribution in [0.3, 0.4) is 0 Å². The minimum atomic E-state index is -0.921. The van der Waals surface area contributed by atoms with Crippen LogP contribution in [-0.4, -0.2) is 64.1 Å². The van der Waals surface area contributed by atoms with Crippen molar-refractivity contribution in [3.05, 3.63) is 64.5 Å². The van der Waals surface area contributed by atoms with Crippen LogP contribution in [0.2, 0.25) is 0 Å². The van der Waals surface area contributed by atoms with Gasteiger partial charge in [-0.25, -0.2) is 4.39 Å². The van der Waals surface area contributed by atoms with E-state index in [9.17, 15) is 24.5 Å². The molecule has 7 nitrogen and oxygen atoms in total. The number of ether oxygens (including phenoxy) is 1. The number of carbonyl (C=O) groups is 1. The number of nitrogens with one attached hydrogen (secondary N) is 1. The van der Waals surface area contributed by atoms with E-state index in [-0.39, 0.29) is 12.5 Å². The topological polar surface area (TPSA) is 102 Å². The van der Waals surface area contributed by atoms with Crippen LogP contribution in [0.1, 0.15) is 28.7 Å². The summed E-state index contributed by atoms with van der Waals surface area (Å²) in [6, 6.07) is 9.76. The smallest absolute Gasteiger partial charge is 0.260 e. The Morgan fingerprint density at radius 3 is 2.81 bits per heavy atom. The molecule has 8 heteroatoms. The maximum Gasteiger partial charge on any atom is 0.260 e. The first-order valence-corrected chi connectivity index (χ1v) is 10.8. The molecule has 3 atom stereocenters. The van der Waals surface area contributed by atoms with Gasteiger partial charge in [0.25, 0.3) is 5.91 Å². The van der Waals surface area contributed by atoms with Crippen molar-refractivity contribution in [2.24, 2.45) is 0 Å². The van der Waals surface area contributed by atoms with Gasteiger partial charge in [-0.1, -0.05) is 18.2 Å². The van der Waals surface area contributed by atoms with Crippen molar-refractivity contribution in [2.45, 2.75) is 37.7 Å². The summed E-state index contributed by atoms with van der Waals surface area (Å²) >= 11 is 0. The van der Waals surface area contributed by atoms with Crippen molar-refractivity contribution >= 4 is 22.9 Å². The van der Waals surface area contributed by atoms with Crippen LogP contribution in [0.4, 0.5) is 10.1 Å². The molecule has 32 heavy (non-hydrogen) atoms. The van der Waals surface area contributed by atoms with Gasteiger partial charge in [0.2, 0.25) is 0 Å². The van der Waals surface area contributed by atoms with Gasteiger partial charge in [-0.3, -0.25) is 9.69 Å². The number of halogens is 1. The number of likely N-dealkylation sites (tertiary alicyclic amines) is 1. The van der Waals surface area contributed by atoms with Gasteiger partial charge in [0.15, 0.2) is 0 Å². The van der Waals surface area contributed by atoms with Gasteiger partial charge in [0.1, 0.15) is 18.2 Å². The minimum absolute atomic E-state index is 0.188. The van der Waals surface area contributed by atoms with Gasteiger partial charge < -0.3 is 25.4 Å². The monoisotopic (exact) mass is 440 g/mol. The molecule has 3 aliphatic heterocycles. The fourth-order valence-corrected chi connectivity index (χ4v) is 4.87. The second kappa shape index (κ2) is 8.29. The number of aryl methyl sites for hydroxylation is 1. The summed E-state index contributed by atoms with van der Waals surface area (Å²) in [7, 11) is 0. The molecule has 1 amide bonds. The molecule has 0 saturated carbocycles. The number of aliphatic hydroxyl groups excluding tert-OH is 3. The Morgan fingerprint density at radius 2 is 2.00 bits per heavy atom. The third-order valence-corrected chi connectivity index (χ3v) is 6.52. The predicted octanol–water partition coefficient (Wildman–Crippen LogP) is 1.51. The Labute approximate surface area is 184 Å². The third kappa shape index (κ3) is 3.59. The van der Waals surface area contributed by atoms with Gasteiger partial charge in [-0.15, -0.1) is 0 Å². The second-order valence-corrected chi connectivity index (χ2v) is 8.53. The first kappa shape index (κ1) is 21.1. The number of β-amino-alcohol motifs (C(OH)–C–C–N with tert-alkyl or cyclic N) is 1. The van der Waals surface area contributed by atoms with E-state index in [0.29, 0.717) is 42.3 Å². The van der Waals surface area contributed by atoms with Crippen LogP contribution in [0, 0.1) is 5.82 Å². The zero-order valence-electron chi connectivity index (χ0n) is 17.4. The molecule has 2 aromatic rings. The molecule has 3 aliphatic rings. The fourth-order valence-electron chi connectivity index (χ4n) is 4.87. The lowest BCUT2D eigenvalue weighted by Crippen LogP contribution is -2.39. The van der Waals surface area contributed by atoms with Crippen molar-refractivity contribution in [1.82, 2.24) is 4.90 Å². The number of aliphatic hydroxyl groups is 3. The van der Waals surface area contributed by atoms with Crippen LogP contribution in [-0.2, 0) is 22.6 Å². The summed E-state index contributed by atoms with van der Waals surface area (Å²) in [6.45, 7) is 1.17. The molecule has 0 aliphatic carbocycles. The quantitative estimate of drug-likeness (QED) is 0.526. The standard InChI is InChI=1S/C24H25FN2O5/c25-15-4-6-18-17(9-15)21(24(31)26-18)23-16-5-3-13(8-14(16)12-32-23)2-1-7-27-10-20(29)22(30)19(27)11-28/h3-6,8-9,19-20,22,28-30H,1-2,7,10-12H2,(H,26,31). The Kier molecular flexibility index (Phi) is 5.46. The minimum Gasteiger partial charge on any atom is -0.487 e. The van der Waals surface area contributed by atoms with E-state index in [2.05, 4.69) is 11.4 Å². The Balaban J connectivity index is 1.32. The van der Waals surface area contributed by atoms with Crippen LogP contribution < -0.4 is 5.32 Å². The third-order valence-electron chi connectivity index (χ3n) is 6.52. The van der Waals surface area contributed by atoms with Gasteiger partial charge in [0, 0.05) is 28.9 Å². The molecule has 3 unspecified atom stereocenters. The van der Waals surface area contributed by atoms with Gasteiger partial charge >= 0.3 is 0 Å². The molecule has 0 spiro atoms. The zero-order valence-corrected chi connectivity index (χ0v) is 17.4. The van der Waals surface area contributed by atoms with Crippen molar-refractivity contribution < 1.29 is 29.2 Å². The number of rotatable bonds is 5. The fraction of sp³-hybridized carbons (Fsp3) is 0.375. The van der Waals surface area contributed by atoms with E-state index >= 15 is 0 Å². The number of benzene rings is 2. The molecule has 0 bridgehead atoms. The van der Waals surface area contributed by atoms with E-state index in [4.69, 9.17) is 4.74 Å². The largest absolute Gasteiger partial charge is 0.487 e.